The van der Waals surface area contributed by atoms with Crippen LogP contribution >= 0.6 is 0 Å². The molecule has 1 amide bonds. The van der Waals surface area contributed by atoms with Crippen LogP contribution in [0.25, 0.3) is 0 Å². The summed E-state index contributed by atoms with van der Waals surface area (Å²) in [6, 6.07) is 7.58. The van der Waals surface area contributed by atoms with Gasteiger partial charge >= 0.3 is 12.1 Å². The first-order chi connectivity index (χ1) is 8.89. The molecule has 1 unspecified atom stereocenters. The standard InChI is InChI=1S/C14H17NO4/c1-10-4-3-5-11(8-10)15-9-14(2,19-13(15)18)7-6-12(16)17/h3-5,8H,6-7,9H2,1-2H3,(H,16,17). The SMILES string of the molecule is Cc1cccc(N2CC(C)(CCC(=O)O)OC2=O)c1. The Bertz CT molecular complexity index is 514. The first-order valence-electron chi connectivity index (χ1n) is 6.19. The molecule has 5 heteroatoms. The van der Waals surface area contributed by atoms with Crippen LogP contribution in [0.1, 0.15) is 25.3 Å². The summed E-state index contributed by atoms with van der Waals surface area (Å²) >= 11 is 0. The molecule has 19 heavy (non-hydrogen) atoms. The molecule has 1 aliphatic rings. The summed E-state index contributed by atoms with van der Waals surface area (Å²) in [6.45, 7) is 4.10. The van der Waals surface area contributed by atoms with Gasteiger partial charge in [0.2, 0.25) is 0 Å². The van der Waals surface area contributed by atoms with E-state index in [1.807, 2.05) is 31.2 Å². The number of carbonyl (C=O) groups excluding carboxylic acids is 1. The zero-order chi connectivity index (χ0) is 14.0. The first-order valence-corrected chi connectivity index (χ1v) is 6.19. The van der Waals surface area contributed by atoms with Gasteiger partial charge in [0.15, 0.2) is 0 Å². The zero-order valence-electron chi connectivity index (χ0n) is 11.0. The molecule has 0 spiro atoms. The molecule has 1 atom stereocenters. The number of hydrogen-bond acceptors (Lipinski definition) is 3. The molecule has 2 rings (SSSR count). The number of carbonyl (C=O) groups is 2. The fraction of sp³-hybridized carbons (Fsp3) is 0.429. The first kappa shape index (κ1) is 13.4. The number of amides is 1. The Labute approximate surface area is 111 Å². The molecule has 1 aromatic carbocycles. The summed E-state index contributed by atoms with van der Waals surface area (Å²) in [5.41, 5.74) is 1.10. The van der Waals surface area contributed by atoms with Crippen LogP contribution in [-0.4, -0.2) is 29.3 Å². The van der Waals surface area contributed by atoms with Gasteiger partial charge in [0.05, 0.1) is 6.54 Å². The van der Waals surface area contributed by atoms with Crippen LogP contribution in [0.5, 0.6) is 0 Å². The highest BCUT2D eigenvalue weighted by Crippen LogP contribution is 2.31. The lowest BCUT2D eigenvalue weighted by Gasteiger charge is -2.20. The number of hydrogen-bond donors (Lipinski definition) is 1. The Hall–Kier alpha value is -2.04. The average molecular weight is 263 g/mol. The number of aryl methyl sites for hydroxylation is 1. The van der Waals surface area contributed by atoms with Gasteiger partial charge in [0.25, 0.3) is 0 Å². The van der Waals surface area contributed by atoms with E-state index in [4.69, 9.17) is 9.84 Å². The van der Waals surface area contributed by atoms with Crippen LogP contribution in [0.15, 0.2) is 24.3 Å². The second-order valence-corrected chi connectivity index (χ2v) is 5.14. The van der Waals surface area contributed by atoms with E-state index in [1.54, 1.807) is 11.8 Å². The van der Waals surface area contributed by atoms with Gasteiger partial charge in [-0.15, -0.1) is 0 Å². The smallest absolute Gasteiger partial charge is 0.415 e. The van der Waals surface area contributed by atoms with Gasteiger partial charge < -0.3 is 9.84 Å². The number of aliphatic carboxylic acids is 1. The molecule has 0 saturated carbocycles. The third kappa shape index (κ3) is 3.05. The van der Waals surface area contributed by atoms with Gasteiger partial charge in [-0.25, -0.2) is 4.79 Å². The van der Waals surface area contributed by atoms with Crippen molar-refractivity contribution in [3.05, 3.63) is 29.8 Å². The Morgan fingerprint density at radius 2 is 2.26 bits per heavy atom. The third-order valence-corrected chi connectivity index (χ3v) is 3.23. The molecule has 1 aromatic rings. The quantitative estimate of drug-likeness (QED) is 0.906. The highest BCUT2D eigenvalue weighted by atomic mass is 16.6. The van der Waals surface area contributed by atoms with Crippen molar-refractivity contribution in [3.8, 4) is 0 Å². The number of cyclic esters (lactones) is 1. The van der Waals surface area contributed by atoms with Crippen LogP contribution < -0.4 is 4.90 Å². The zero-order valence-corrected chi connectivity index (χ0v) is 11.0. The van der Waals surface area contributed by atoms with Crippen molar-refractivity contribution in [1.29, 1.82) is 0 Å². The minimum Gasteiger partial charge on any atom is -0.481 e. The summed E-state index contributed by atoms with van der Waals surface area (Å²) in [5.74, 6) is -0.883. The molecule has 1 saturated heterocycles. The third-order valence-electron chi connectivity index (χ3n) is 3.23. The summed E-state index contributed by atoms with van der Waals surface area (Å²) in [5, 5.41) is 8.72. The predicted molar refractivity (Wildman–Crippen MR) is 70.3 cm³/mol. The van der Waals surface area contributed by atoms with Crippen molar-refractivity contribution < 1.29 is 19.4 Å². The molecule has 5 nitrogen and oxygen atoms in total. The number of nitrogens with zero attached hydrogens (tertiary/aromatic N) is 1. The second-order valence-electron chi connectivity index (χ2n) is 5.14. The molecule has 1 aliphatic heterocycles. The monoisotopic (exact) mass is 263 g/mol. The number of rotatable bonds is 4. The molecular weight excluding hydrogens is 246 g/mol. The molecule has 1 N–H and O–H groups in total. The summed E-state index contributed by atoms with van der Waals surface area (Å²) < 4.78 is 5.33. The van der Waals surface area contributed by atoms with Crippen molar-refractivity contribution in [2.24, 2.45) is 0 Å². The van der Waals surface area contributed by atoms with E-state index in [-0.39, 0.29) is 6.42 Å². The van der Waals surface area contributed by atoms with Crippen LogP contribution in [0.2, 0.25) is 0 Å². The number of carboxylic acids is 1. The Balaban J connectivity index is 2.13. The number of anilines is 1. The lowest BCUT2D eigenvalue weighted by molar-refractivity contribution is -0.138. The maximum Gasteiger partial charge on any atom is 0.415 e. The Kier molecular flexibility index (Phi) is 3.46. The maximum absolute atomic E-state index is 11.9. The molecule has 0 radical (unpaired) electrons. The maximum atomic E-state index is 11.9. The molecule has 0 aliphatic carbocycles. The van der Waals surface area contributed by atoms with Crippen molar-refractivity contribution >= 4 is 17.7 Å². The van der Waals surface area contributed by atoms with E-state index < -0.39 is 17.7 Å². The van der Waals surface area contributed by atoms with Gasteiger partial charge in [-0.05, 0) is 38.0 Å². The fourth-order valence-electron chi connectivity index (χ4n) is 2.19. The molecule has 1 heterocycles. The minimum absolute atomic E-state index is 0.00849. The lowest BCUT2D eigenvalue weighted by Crippen LogP contribution is -2.32. The minimum atomic E-state index is -0.883. The molecule has 0 bridgehead atoms. The molecule has 0 aromatic heterocycles. The normalized spacial score (nSPS) is 22.4. The average Bonchev–Trinajstić information content (AvgIpc) is 2.63. The van der Waals surface area contributed by atoms with Gasteiger partial charge in [-0.1, -0.05) is 12.1 Å². The summed E-state index contributed by atoms with van der Waals surface area (Å²) in [7, 11) is 0. The largest absolute Gasteiger partial charge is 0.481 e. The van der Waals surface area contributed by atoms with Crippen LogP contribution in [0.3, 0.4) is 0 Å². The number of carboxylic acid groups (broad SMARTS) is 1. The van der Waals surface area contributed by atoms with Crippen molar-refractivity contribution in [2.75, 3.05) is 11.4 Å². The molecular formula is C14H17NO4. The van der Waals surface area contributed by atoms with E-state index in [0.717, 1.165) is 11.3 Å². The van der Waals surface area contributed by atoms with Crippen LogP contribution in [-0.2, 0) is 9.53 Å². The van der Waals surface area contributed by atoms with Crippen molar-refractivity contribution in [3.63, 3.8) is 0 Å². The van der Waals surface area contributed by atoms with Gasteiger partial charge in [0, 0.05) is 12.1 Å². The van der Waals surface area contributed by atoms with Gasteiger partial charge in [0.1, 0.15) is 5.60 Å². The number of benzene rings is 1. The van der Waals surface area contributed by atoms with Crippen molar-refractivity contribution in [1.82, 2.24) is 0 Å². The predicted octanol–water partition coefficient (Wildman–Crippen LogP) is 2.58. The van der Waals surface area contributed by atoms with E-state index in [1.165, 1.54) is 0 Å². The van der Waals surface area contributed by atoms with Crippen LogP contribution in [0, 0.1) is 6.92 Å². The topological polar surface area (TPSA) is 66.8 Å². The van der Waals surface area contributed by atoms with E-state index >= 15 is 0 Å². The highest BCUT2D eigenvalue weighted by molar-refractivity contribution is 5.90. The highest BCUT2D eigenvalue weighted by Gasteiger charge is 2.42. The Morgan fingerprint density at radius 3 is 2.89 bits per heavy atom. The number of ether oxygens (including phenoxy) is 1. The Morgan fingerprint density at radius 1 is 1.53 bits per heavy atom. The molecule has 102 valence electrons. The second kappa shape index (κ2) is 4.91. The van der Waals surface area contributed by atoms with Crippen molar-refractivity contribution in [2.45, 2.75) is 32.3 Å². The fourth-order valence-corrected chi connectivity index (χ4v) is 2.19. The lowest BCUT2D eigenvalue weighted by atomic mass is 10.00. The summed E-state index contributed by atoms with van der Waals surface area (Å²) in [6.07, 6.45) is -0.111. The van der Waals surface area contributed by atoms with Crippen LogP contribution in [0.4, 0.5) is 10.5 Å². The summed E-state index contributed by atoms with van der Waals surface area (Å²) in [4.78, 5) is 24.1. The van der Waals surface area contributed by atoms with Gasteiger partial charge in [-0.2, -0.15) is 0 Å². The van der Waals surface area contributed by atoms with E-state index in [9.17, 15) is 9.59 Å². The van der Waals surface area contributed by atoms with Gasteiger partial charge in [-0.3, -0.25) is 9.69 Å². The molecule has 1 fully saturated rings. The van der Waals surface area contributed by atoms with E-state index in [2.05, 4.69) is 0 Å². The van der Waals surface area contributed by atoms with E-state index in [0.29, 0.717) is 13.0 Å².